The largest absolute Gasteiger partial charge is 0.289 e. The molecule has 24 heavy (non-hydrogen) atoms. The number of benzene rings is 2. The number of carbonyl (C=O) groups excluding carboxylic acids is 1. The van der Waals surface area contributed by atoms with Gasteiger partial charge < -0.3 is 0 Å². The summed E-state index contributed by atoms with van der Waals surface area (Å²) in [5, 5.41) is 0. The second-order valence-electron chi connectivity index (χ2n) is 6.18. The van der Waals surface area contributed by atoms with Gasteiger partial charge in [-0.25, -0.2) is 8.42 Å². The van der Waals surface area contributed by atoms with Gasteiger partial charge in [-0.3, -0.25) is 4.79 Å². The molecule has 0 spiro atoms. The van der Waals surface area contributed by atoms with E-state index in [9.17, 15) is 13.2 Å². The maximum absolute atomic E-state index is 12.9. The Bertz CT molecular complexity index is 831. The third-order valence-electron chi connectivity index (χ3n) is 4.48. The highest BCUT2D eigenvalue weighted by atomic mass is 32.2. The first kappa shape index (κ1) is 16.9. The summed E-state index contributed by atoms with van der Waals surface area (Å²) >= 11 is 0. The minimum atomic E-state index is -3.57. The molecule has 3 rings (SSSR count). The van der Waals surface area contributed by atoms with Crippen LogP contribution in [0.15, 0.2) is 59.5 Å². The van der Waals surface area contributed by atoms with Crippen LogP contribution in [0.4, 0.5) is 0 Å². The zero-order valence-electron chi connectivity index (χ0n) is 13.7. The third-order valence-corrected chi connectivity index (χ3v) is 6.49. The zero-order chi connectivity index (χ0) is 17.2. The van der Waals surface area contributed by atoms with Crippen molar-refractivity contribution < 1.29 is 13.2 Å². The average Bonchev–Trinajstić information content (AvgIpc) is 2.62. The van der Waals surface area contributed by atoms with Crippen LogP contribution in [-0.4, -0.2) is 31.1 Å². The molecule has 2 aromatic carbocycles. The van der Waals surface area contributed by atoms with Gasteiger partial charge in [0, 0.05) is 23.7 Å². The molecule has 0 aromatic heterocycles. The van der Waals surface area contributed by atoms with Gasteiger partial charge >= 0.3 is 0 Å². The minimum absolute atomic E-state index is 0.00256. The van der Waals surface area contributed by atoms with E-state index >= 15 is 0 Å². The molecule has 1 heterocycles. The Morgan fingerprint density at radius 1 is 1.00 bits per heavy atom. The monoisotopic (exact) mass is 343 g/mol. The minimum Gasteiger partial charge on any atom is -0.289 e. The molecule has 1 atom stereocenters. The lowest BCUT2D eigenvalue weighted by Crippen LogP contribution is -2.41. The number of hydrogen-bond acceptors (Lipinski definition) is 3. The fraction of sp³-hybridized carbons (Fsp3) is 0.316. The highest BCUT2D eigenvalue weighted by Gasteiger charge is 2.31. The quantitative estimate of drug-likeness (QED) is 0.799. The van der Waals surface area contributed by atoms with Gasteiger partial charge in [-0.15, -0.1) is 0 Å². The fourth-order valence-electron chi connectivity index (χ4n) is 3.12. The summed E-state index contributed by atoms with van der Waals surface area (Å²) in [5.41, 5.74) is 0.949. The highest BCUT2D eigenvalue weighted by Crippen LogP contribution is 2.26. The van der Waals surface area contributed by atoms with Crippen molar-refractivity contribution in [2.24, 2.45) is 0 Å². The van der Waals surface area contributed by atoms with Crippen molar-refractivity contribution in [1.82, 2.24) is 4.31 Å². The predicted octanol–water partition coefficient (Wildman–Crippen LogP) is 3.48. The summed E-state index contributed by atoms with van der Waals surface area (Å²) in [6.07, 6.45) is 2.81. The number of hydrogen-bond donors (Lipinski definition) is 0. The molecule has 0 aliphatic carbocycles. The molecule has 1 aliphatic rings. The first-order valence-electron chi connectivity index (χ1n) is 8.22. The molecular formula is C19H21NO3S. The van der Waals surface area contributed by atoms with E-state index in [1.807, 2.05) is 13.0 Å². The van der Waals surface area contributed by atoms with E-state index in [-0.39, 0.29) is 16.7 Å². The molecular weight excluding hydrogens is 322 g/mol. The number of rotatable bonds is 4. The van der Waals surface area contributed by atoms with Gasteiger partial charge in [0.1, 0.15) is 0 Å². The van der Waals surface area contributed by atoms with Crippen molar-refractivity contribution in [3.63, 3.8) is 0 Å². The lowest BCUT2D eigenvalue weighted by Gasteiger charge is -2.32. The van der Waals surface area contributed by atoms with Gasteiger partial charge in [-0.1, -0.05) is 48.9 Å². The summed E-state index contributed by atoms with van der Waals surface area (Å²) in [7, 11) is -3.57. The first-order valence-corrected chi connectivity index (χ1v) is 9.66. The number of ketones is 1. The van der Waals surface area contributed by atoms with Gasteiger partial charge in [0.25, 0.3) is 0 Å². The lowest BCUT2D eigenvalue weighted by molar-refractivity contribution is 0.103. The van der Waals surface area contributed by atoms with Crippen LogP contribution in [0.1, 0.15) is 42.1 Å². The van der Waals surface area contributed by atoms with E-state index in [0.29, 0.717) is 17.7 Å². The number of nitrogens with zero attached hydrogens (tertiary/aromatic N) is 1. The molecule has 1 aliphatic heterocycles. The summed E-state index contributed by atoms with van der Waals surface area (Å²) in [4.78, 5) is 12.8. The van der Waals surface area contributed by atoms with Crippen LogP contribution in [0, 0.1) is 0 Å². The summed E-state index contributed by atoms with van der Waals surface area (Å²) in [5.74, 6) is -0.167. The van der Waals surface area contributed by atoms with Crippen molar-refractivity contribution in [1.29, 1.82) is 0 Å². The summed E-state index contributed by atoms with van der Waals surface area (Å²) in [6, 6.07) is 15.3. The normalized spacial score (nSPS) is 19.1. The standard InChI is InChI=1S/C19H21NO3S/c1-15-8-5-6-13-20(15)24(22,23)18-12-7-11-17(14-18)19(21)16-9-3-2-4-10-16/h2-4,7,9-12,14-15H,5-6,8,13H2,1H3. The van der Waals surface area contributed by atoms with E-state index in [4.69, 9.17) is 0 Å². The number of piperidine rings is 1. The zero-order valence-corrected chi connectivity index (χ0v) is 14.5. The molecule has 126 valence electrons. The van der Waals surface area contributed by atoms with Crippen molar-refractivity contribution in [3.8, 4) is 0 Å². The molecule has 5 heteroatoms. The number of sulfonamides is 1. The van der Waals surface area contributed by atoms with Crippen LogP contribution >= 0.6 is 0 Å². The van der Waals surface area contributed by atoms with Gasteiger partial charge in [0.15, 0.2) is 5.78 Å². The second kappa shape index (κ2) is 6.87. The van der Waals surface area contributed by atoms with Crippen molar-refractivity contribution >= 4 is 15.8 Å². The third kappa shape index (κ3) is 3.28. The Morgan fingerprint density at radius 2 is 1.71 bits per heavy atom. The van der Waals surface area contributed by atoms with E-state index in [1.54, 1.807) is 46.8 Å². The Labute approximate surface area is 143 Å². The van der Waals surface area contributed by atoms with Gasteiger partial charge in [0.05, 0.1) is 4.90 Å². The lowest BCUT2D eigenvalue weighted by atomic mass is 10.0. The van der Waals surface area contributed by atoms with Crippen molar-refractivity contribution in [3.05, 3.63) is 65.7 Å². The van der Waals surface area contributed by atoms with Gasteiger partial charge in [-0.05, 0) is 31.9 Å². The molecule has 1 fully saturated rings. The van der Waals surface area contributed by atoms with Crippen LogP contribution in [0.2, 0.25) is 0 Å². The van der Waals surface area contributed by atoms with E-state index in [2.05, 4.69) is 0 Å². The predicted molar refractivity (Wildman–Crippen MR) is 93.5 cm³/mol. The Kier molecular flexibility index (Phi) is 4.83. The first-order chi connectivity index (χ1) is 11.5. The van der Waals surface area contributed by atoms with Crippen LogP contribution in [0.25, 0.3) is 0 Å². The van der Waals surface area contributed by atoms with Gasteiger partial charge in [0.2, 0.25) is 10.0 Å². The van der Waals surface area contributed by atoms with Crippen LogP contribution in [0.5, 0.6) is 0 Å². The molecule has 1 saturated heterocycles. The van der Waals surface area contributed by atoms with Crippen molar-refractivity contribution in [2.45, 2.75) is 37.1 Å². The maximum Gasteiger partial charge on any atom is 0.243 e. The summed E-state index contributed by atoms with van der Waals surface area (Å²) < 4.78 is 27.4. The second-order valence-corrected chi connectivity index (χ2v) is 8.07. The molecule has 2 aromatic rings. The van der Waals surface area contributed by atoms with Crippen molar-refractivity contribution in [2.75, 3.05) is 6.54 Å². The highest BCUT2D eigenvalue weighted by molar-refractivity contribution is 7.89. The van der Waals surface area contributed by atoms with E-state index in [1.165, 1.54) is 6.07 Å². The van der Waals surface area contributed by atoms with E-state index < -0.39 is 10.0 Å². The topological polar surface area (TPSA) is 54.5 Å². The molecule has 0 amide bonds. The molecule has 0 radical (unpaired) electrons. The summed E-state index contributed by atoms with van der Waals surface area (Å²) in [6.45, 7) is 2.48. The molecule has 0 saturated carbocycles. The molecule has 1 unspecified atom stereocenters. The maximum atomic E-state index is 12.9. The molecule has 0 bridgehead atoms. The smallest absolute Gasteiger partial charge is 0.243 e. The fourth-order valence-corrected chi connectivity index (χ4v) is 4.86. The van der Waals surface area contributed by atoms with E-state index in [0.717, 1.165) is 19.3 Å². The molecule has 0 N–H and O–H groups in total. The Balaban J connectivity index is 1.94. The van der Waals surface area contributed by atoms with Gasteiger partial charge in [-0.2, -0.15) is 4.31 Å². The Morgan fingerprint density at radius 3 is 2.42 bits per heavy atom. The molecule has 4 nitrogen and oxygen atoms in total. The average molecular weight is 343 g/mol. The van der Waals surface area contributed by atoms with Crippen LogP contribution in [-0.2, 0) is 10.0 Å². The van der Waals surface area contributed by atoms with Crippen LogP contribution < -0.4 is 0 Å². The SMILES string of the molecule is CC1CCCCN1S(=O)(=O)c1cccc(C(=O)c2ccccc2)c1. The van der Waals surface area contributed by atoms with Crippen LogP contribution in [0.3, 0.4) is 0 Å². The number of carbonyl (C=O) groups is 1. The Hall–Kier alpha value is -1.98.